The van der Waals surface area contributed by atoms with Crippen LogP contribution in [-0.2, 0) is 20.9 Å². The van der Waals surface area contributed by atoms with Crippen LogP contribution in [0.1, 0.15) is 23.1 Å². The van der Waals surface area contributed by atoms with Gasteiger partial charge in [-0.3, -0.25) is 9.59 Å². The molecular formula is C20H23ClN2O3. The highest BCUT2D eigenvalue weighted by molar-refractivity contribution is 6.29. The molecule has 5 nitrogen and oxygen atoms in total. The molecule has 0 aliphatic heterocycles. The molecule has 2 rings (SSSR count). The maximum Gasteiger partial charge on any atom is 0.239 e. The number of hydrogen-bond acceptors (Lipinski definition) is 3. The van der Waals surface area contributed by atoms with Gasteiger partial charge in [-0.1, -0.05) is 30.3 Å². The molecule has 2 amide bonds. The SMILES string of the molecule is Cc1cc(NC(=O)CCl)c(NC(=O)CCOCc2ccccc2)cc1C. The van der Waals surface area contributed by atoms with Crippen molar-refractivity contribution < 1.29 is 14.3 Å². The van der Waals surface area contributed by atoms with Crippen LogP contribution in [0, 0.1) is 13.8 Å². The number of nitrogens with one attached hydrogen (secondary N) is 2. The third-order valence-corrected chi connectivity index (χ3v) is 4.13. The standard InChI is InChI=1S/C20H23ClN2O3/c1-14-10-17(18(11-15(14)2)23-20(25)12-21)22-19(24)8-9-26-13-16-6-4-3-5-7-16/h3-7,10-11H,8-9,12-13H2,1-2H3,(H,22,24)(H,23,25). The Labute approximate surface area is 158 Å². The van der Waals surface area contributed by atoms with Gasteiger partial charge in [0.1, 0.15) is 5.88 Å². The zero-order valence-electron chi connectivity index (χ0n) is 15.0. The lowest BCUT2D eigenvalue weighted by atomic mass is 10.1. The predicted octanol–water partition coefficient (Wildman–Crippen LogP) is 4.03. The van der Waals surface area contributed by atoms with Gasteiger partial charge in [-0.25, -0.2) is 0 Å². The monoisotopic (exact) mass is 374 g/mol. The summed E-state index contributed by atoms with van der Waals surface area (Å²) in [6.45, 7) is 4.67. The summed E-state index contributed by atoms with van der Waals surface area (Å²) in [4.78, 5) is 23.8. The van der Waals surface area contributed by atoms with Crippen molar-refractivity contribution in [2.45, 2.75) is 26.9 Å². The Morgan fingerprint density at radius 3 is 2.12 bits per heavy atom. The second-order valence-corrected chi connectivity index (χ2v) is 6.27. The molecule has 0 radical (unpaired) electrons. The van der Waals surface area contributed by atoms with Gasteiger partial charge in [-0.05, 0) is 42.7 Å². The molecule has 6 heteroatoms. The minimum Gasteiger partial charge on any atom is -0.376 e. The summed E-state index contributed by atoms with van der Waals surface area (Å²) >= 11 is 5.55. The quantitative estimate of drug-likeness (QED) is 0.541. The minimum absolute atomic E-state index is 0.145. The average Bonchev–Trinajstić information content (AvgIpc) is 2.63. The number of carbonyl (C=O) groups is 2. The van der Waals surface area contributed by atoms with E-state index >= 15 is 0 Å². The Balaban J connectivity index is 1.90. The second-order valence-electron chi connectivity index (χ2n) is 6.00. The van der Waals surface area contributed by atoms with E-state index in [0.717, 1.165) is 16.7 Å². The minimum atomic E-state index is -0.323. The van der Waals surface area contributed by atoms with Crippen LogP contribution in [0.3, 0.4) is 0 Å². The van der Waals surface area contributed by atoms with Crippen LogP contribution in [0.25, 0.3) is 0 Å². The Morgan fingerprint density at radius 2 is 1.54 bits per heavy atom. The lowest BCUT2D eigenvalue weighted by Crippen LogP contribution is -2.18. The highest BCUT2D eigenvalue weighted by atomic mass is 35.5. The van der Waals surface area contributed by atoms with E-state index in [2.05, 4.69) is 10.6 Å². The molecule has 0 saturated heterocycles. The second kappa shape index (κ2) is 9.94. The van der Waals surface area contributed by atoms with Gasteiger partial charge in [0.15, 0.2) is 0 Å². The number of amides is 2. The molecule has 26 heavy (non-hydrogen) atoms. The Bertz CT molecular complexity index is 763. The summed E-state index contributed by atoms with van der Waals surface area (Å²) in [7, 11) is 0. The topological polar surface area (TPSA) is 67.4 Å². The number of benzene rings is 2. The number of carbonyl (C=O) groups excluding carboxylic acids is 2. The maximum atomic E-state index is 12.2. The number of ether oxygens (including phenoxy) is 1. The van der Waals surface area contributed by atoms with E-state index in [4.69, 9.17) is 16.3 Å². The van der Waals surface area contributed by atoms with Crippen molar-refractivity contribution in [2.24, 2.45) is 0 Å². The number of anilines is 2. The third-order valence-electron chi connectivity index (χ3n) is 3.89. The van der Waals surface area contributed by atoms with Crippen LogP contribution in [0.15, 0.2) is 42.5 Å². The van der Waals surface area contributed by atoms with Crippen molar-refractivity contribution in [1.29, 1.82) is 0 Å². The van der Waals surface area contributed by atoms with E-state index in [9.17, 15) is 9.59 Å². The first-order valence-corrected chi connectivity index (χ1v) is 8.91. The van der Waals surface area contributed by atoms with E-state index in [-0.39, 0.29) is 24.1 Å². The zero-order chi connectivity index (χ0) is 18.9. The molecule has 0 atom stereocenters. The lowest BCUT2D eigenvalue weighted by Gasteiger charge is -2.14. The van der Waals surface area contributed by atoms with Crippen LogP contribution in [0.4, 0.5) is 11.4 Å². The average molecular weight is 375 g/mol. The number of hydrogen-bond donors (Lipinski definition) is 2. The van der Waals surface area contributed by atoms with Gasteiger partial charge in [0.2, 0.25) is 11.8 Å². The molecule has 2 aromatic carbocycles. The van der Waals surface area contributed by atoms with Crippen LogP contribution >= 0.6 is 11.6 Å². The van der Waals surface area contributed by atoms with Crippen molar-refractivity contribution in [1.82, 2.24) is 0 Å². The molecule has 0 bridgehead atoms. The summed E-state index contributed by atoms with van der Waals surface area (Å²) in [6, 6.07) is 13.4. The molecule has 0 saturated carbocycles. The third kappa shape index (κ3) is 6.17. The molecule has 0 aliphatic carbocycles. The van der Waals surface area contributed by atoms with Crippen LogP contribution < -0.4 is 10.6 Å². The first-order valence-electron chi connectivity index (χ1n) is 8.38. The van der Waals surface area contributed by atoms with Gasteiger partial charge < -0.3 is 15.4 Å². The van der Waals surface area contributed by atoms with E-state index in [1.54, 1.807) is 0 Å². The molecule has 138 valence electrons. The Morgan fingerprint density at radius 1 is 0.962 bits per heavy atom. The van der Waals surface area contributed by atoms with Crippen LogP contribution in [-0.4, -0.2) is 24.3 Å². The van der Waals surface area contributed by atoms with Gasteiger partial charge in [0.05, 0.1) is 31.0 Å². The molecule has 0 spiro atoms. The van der Waals surface area contributed by atoms with Gasteiger partial charge in [-0.15, -0.1) is 11.6 Å². The van der Waals surface area contributed by atoms with Crippen LogP contribution in [0.5, 0.6) is 0 Å². The maximum absolute atomic E-state index is 12.2. The normalized spacial score (nSPS) is 10.4. The largest absolute Gasteiger partial charge is 0.376 e. The number of aryl methyl sites for hydroxylation is 2. The van der Waals surface area contributed by atoms with E-state index in [1.165, 1.54) is 0 Å². The molecule has 2 aromatic rings. The molecule has 0 aliphatic rings. The fourth-order valence-electron chi connectivity index (χ4n) is 2.35. The first-order chi connectivity index (χ1) is 12.5. The summed E-state index contributed by atoms with van der Waals surface area (Å²) < 4.78 is 5.54. The van der Waals surface area contributed by atoms with Gasteiger partial charge in [-0.2, -0.15) is 0 Å². The van der Waals surface area contributed by atoms with Crippen molar-refractivity contribution in [3.63, 3.8) is 0 Å². The Hall–Kier alpha value is -2.37. The van der Waals surface area contributed by atoms with E-state index < -0.39 is 0 Å². The number of rotatable bonds is 8. The summed E-state index contributed by atoms with van der Waals surface area (Å²) in [5.74, 6) is -0.646. The van der Waals surface area contributed by atoms with Crippen molar-refractivity contribution >= 4 is 34.8 Å². The summed E-state index contributed by atoms with van der Waals surface area (Å²) in [6.07, 6.45) is 0.225. The van der Waals surface area contributed by atoms with Gasteiger partial charge in [0.25, 0.3) is 0 Å². The molecule has 0 unspecified atom stereocenters. The molecular weight excluding hydrogens is 352 g/mol. The number of halogens is 1. The van der Waals surface area contributed by atoms with Crippen molar-refractivity contribution in [2.75, 3.05) is 23.1 Å². The first kappa shape index (κ1) is 19.9. The van der Waals surface area contributed by atoms with Gasteiger partial charge >= 0.3 is 0 Å². The van der Waals surface area contributed by atoms with Gasteiger partial charge in [0, 0.05) is 0 Å². The molecule has 2 N–H and O–H groups in total. The zero-order valence-corrected chi connectivity index (χ0v) is 15.7. The number of alkyl halides is 1. The highest BCUT2D eigenvalue weighted by Crippen LogP contribution is 2.26. The fourth-order valence-corrected chi connectivity index (χ4v) is 2.42. The van der Waals surface area contributed by atoms with E-state index in [0.29, 0.717) is 24.6 Å². The fraction of sp³-hybridized carbons (Fsp3) is 0.300. The van der Waals surface area contributed by atoms with Crippen LogP contribution in [0.2, 0.25) is 0 Å². The molecule has 0 heterocycles. The summed E-state index contributed by atoms with van der Waals surface area (Å²) in [5, 5.41) is 5.54. The molecule has 0 aromatic heterocycles. The lowest BCUT2D eigenvalue weighted by molar-refractivity contribution is -0.117. The van der Waals surface area contributed by atoms with Crippen molar-refractivity contribution in [3.05, 3.63) is 59.2 Å². The van der Waals surface area contributed by atoms with Crippen molar-refractivity contribution in [3.8, 4) is 0 Å². The predicted molar refractivity (Wildman–Crippen MR) is 105 cm³/mol. The highest BCUT2D eigenvalue weighted by Gasteiger charge is 2.11. The smallest absolute Gasteiger partial charge is 0.239 e. The molecule has 0 fully saturated rings. The summed E-state index contributed by atoms with van der Waals surface area (Å²) in [5.41, 5.74) is 4.19. The Kier molecular flexibility index (Phi) is 7.63. The van der Waals surface area contributed by atoms with E-state index in [1.807, 2.05) is 56.3 Å².